The van der Waals surface area contributed by atoms with Gasteiger partial charge in [-0.3, -0.25) is 0 Å². The molecule has 9 heteroatoms. The Morgan fingerprint density at radius 1 is 1.00 bits per heavy atom. The number of fused-ring (bicyclic) bond motifs is 1. The van der Waals surface area contributed by atoms with Crippen LogP contribution in [0.3, 0.4) is 0 Å². The van der Waals surface area contributed by atoms with E-state index in [1.165, 1.54) is 12.1 Å². The molecule has 3 nitrogen and oxygen atoms in total. The molecule has 0 aliphatic rings. The monoisotopic (exact) mass is 511 g/mol. The molecule has 2 aromatic carbocycles. The Labute approximate surface area is 163 Å². The van der Waals surface area contributed by atoms with E-state index < -0.39 is 30.1 Å². The number of hydrogen-bond acceptors (Lipinski definition) is 2. The van der Waals surface area contributed by atoms with E-state index in [-0.39, 0.29) is 24.9 Å². The molecule has 0 fully saturated rings. The van der Waals surface area contributed by atoms with Gasteiger partial charge in [-0.2, -0.15) is 0 Å². The molecular formula is C17H13BrF3NO2SSe. The van der Waals surface area contributed by atoms with Crippen molar-refractivity contribution in [3.8, 4) is 0 Å². The molecule has 1 heterocycles. The number of hydrogen-bond donors (Lipinski definition) is 0. The summed E-state index contributed by atoms with van der Waals surface area (Å²) in [5.74, 6) is 0. The maximum absolute atomic E-state index is 13.1. The fourth-order valence-corrected chi connectivity index (χ4v) is 6.95. The average molecular weight is 511 g/mol. The Hall–Kier alpha value is -1.28. The van der Waals surface area contributed by atoms with Crippen LogP contribution in [0.4, 0.5) is 13.2 Å². The van der Waals surface area contributed by atoms with E-state index in [2.05, 4.69) is 15.9 Å². The summed E-state index contributed by atoms with van der Waals surface area (Å²) >= 11 is 1.24. The number of alkyl halides is 3. The minimum absolute atomic E-state index is 0.0215. The molecule has 0 saturated carbocycles. The van der Waals surface area contributed by atoms with Crippen LogP contribution in [0, 0.1) is 13.8 Å². The van der Waals surface area contributed by atoms with Crippen LogP contribution < -0.4 is 4.46 Å². The molecule has 0 spiro atoms. The topological polar surface area (TPSA) is 39.1 Å². The number of rotatable bonds is 3. The van der Waals surface area contributed by atoms with Crippen LogP contribution in [-0.4, -0.2) is 32.4 Å². The SMILES string of the molecule is Cc1ccc(S(=O)(=O)n2c(Br)c([Se]C(F)(F)F)c3ccc(C)cc32)cc1. The van der Waals surface area contributed by atoms with Crippen molar-refractivity contribution in [2.45, 2.75) is 23.8 Å². The summed E-state index contributed by atoms with van der Waals surface area (Å²) in [7, 11) is -4.05. The summed E-state index contributed by atoms with van der Waals surface area (Å²) in [6.07, 6.45) is 0. The fraction of sp³-hybridized carbons (Fsp3) is 0.176. The molecule has 0 N–H and O–H groups in total. The van der Waals surface area contributed by atoms with E-state index in [0.29, 0.717) is 0 Å². The maximum atomic E-state index is 13.1. The van der Waals surface area contributed by atoms with Gasteiger partial charge in [-0.05, 0) is 0 Å². The Morgan fingerprint density at radius 3 is 2.15 bits per heavy atom. The minimum atomic E-state index is -4.40. The van der Waals surface area contributed by atoms with Crippen molar-refractivity contribution < 1.29 is 21.6 Å². The molecule has 3 aromatic rings. The van der Waals surface area contributed by atoms with Gasteiger partial charge in [0.2, 0.25) is 0 Å². The number of aromatic nitrogens is 1. The van der Waals surface area contributed by atoms with E-state index in [1.54, 1.807) is 37.3 Å². The van der Waals surface area contributed by atoms with E-state index in [4.69, 9.17) is 0 Å². The van der Waals surface area contributed by atoms with E-state index >= 15 is 0 Å². The first-order valence-corrected chi connectivity index (χ1v) is 11.3. The quantitative estimate of drug-likeness (QED) is 0.497. The zero-order chi connectivity index (χ0) is 19.3. The Balaban J connectivity index is 2.33. The molecule has 138 valence electrons. The van der Waals surface area contributed by atoms with Gasteiger partial charge in [-0.1, -0.05) is 0 Å². The first-order chi connectivity index (χ1) is 12.0. The zero-order valence-corrected chi connectivity index (χ0v) is 17.7. The van der Waals surface area contributed by atoms with Crippen molar-refractivity contribution in [1.29, 1.82) is 0 Å². The average Bonchev–Trinajstić information content (AvgIpc) is 2.78. The van der Waals surface area contributed by atoms with E-state index in [9.17, 15) is 21.6 Å². The van der Waals surface area contributed by atoms with Gasteiger partial charge >= 0.3 is 164 Å². The van der Waals surface area contributed by atoms with Crippen LogP contribution in [0.1, 0.15) is 11.1 Å². The summed E-state index contributed by atoms with van der Waals surface area (Å²) in [5, 5.41) is -4.11. The van der Waals surface area contributed by atoms with Crippen molar-refractivity contribution >= 4 is 56.3 Å². The third-order valence-corrected chi connectivity index (χ3v) is 8.84. The second-order valence-electron chi connectivity index (χ2n) is 5.77. The van der Waals surface area contributed by atoms with Crippen LogP contribution in [0.2, 0.25) is 0 Å². The molecule has 3 rings (SSSR count). The van der Waals surface area contributed by atoms with Crippen molar-refractivity contribution in [2.24, 2.45) is 0 Å². The summed E-state index contributed by atoms with van der Waals surface area (Å²) in [6.45, 7) is 3.59. The molecule has 26 heavy (non-hydrogen) atoms. The van der Waals surface area contributed by atoms with Crippen LogP contribution in [0.5, 0.6) is 0 Å². The zero-order valence-electron chi connectivity index (χ0n) is 13.6. The van der Waals surface area contributed by atoms with Gasteiger partial charge in [0.1, 0.15) is 0 Å². The van der Waals surface area contributed by atoms with Gasteiger partial charge in [0.15, 0.2) is 0 Å². The second-order valence-corrected chi connectivity index (χ2v) is 10.6. The van der Waals surface area contributed by atoms with Gasteiger partial charge < -0.3 is 0 Å². The first kappa shape index (κ1) is 19.5. The summed E-state index contributed by atoms with van der Waals surface area (Å²) in [4.78, 5) is 0.0215. The molecule has 0 saturated heterocycles. The normalized spacial score (nSPS) is 12.7. The van der Waals surface area contributed by atoms with Gasteiger partial charge in [-0.25, -0.2) is 0 Å². The third-order valence-electron chi connectivity index (χ3n) is 3.76. The Bertz CT molecular complexity index is 1090. The molecule has 0 bridgehead atoms. The number of aryl methyl sites for hydroxylation is 2. The van der Waals surface area contributed by atoms with Gasteiger partial charge in [0.05, 0.1) is 0 Å². The van der Waals surface area contributed by atoms with Crippen LogP contribution in [-0.2, 0) is 10.0 Å². The molecule has 1 aromatic heterocycles. The van der Waals surface area contributed by atoms with Crippen LogP contribution >= 0.6 is 15.9 Å². The number of halogens is 4. The second kappa shape index (κ2) is 6.71. The summed E-state index contributed by atoms with van der Waals surface area (Å²) in [5.41, 5.74) is 1.88. The predicted octanol–water partition coefficient (Wildman–Crippen LogP) is 4.11. The van der Waals surface area contributed by atoms with Crippen molar-refractivity contribution in [3.05, 3.63) is 58.2 Å². The third kappa shape index (κ3) is 3.58. The van der Waals surface area contributed by atoms with Gasteiger partial charge in [-0.15, -0.1) is 0 Å². The Kier molecular flexibility index (Phi) is 5.03. The van der Waals surface area contributed by atoms with Gasteiger partial charge in [0.25, 0.3) is 0 Å². The standard InChI is InChI=1S/C17H13BrF3NO2SSe/c1-10-3-6-12(7-4-10)25(23,24)22-14-9-11(2)5-8-13(14)15(16(22)18)26-17(19,20)21/h3-9H,1-2H3. The van der Waals surface area contributed by atoms with Crippen molar-refractivity contribution in [2.75, 3.05) is 0 Å². The van der Waals surface area contributed by atoms with Gasteiger partial charge in [0, 0.05) is 0 Å². The predicted molar refractivity (Wildman–Crippen MR) is 99.6 cm³/mol. The molecule has 0 aliphatic heterocycles. The van der Waals surface area contributed by atoms with E-state index in [1.807, 2.05) is 6.92 Å². The van der Waals surface area contributed by atoms with Crippen molar-refractivity contribution in [3.63, 3.8) is 0 Å². The fourth-order valence-electron chi connectivity index (χ4n) is 2.57. The molecule has 0 amide bonds. The number of benzene rings is 2. The molecule has 0 unspecified atom stereocenters. The summed E-state index contributed by atoms with van der Waals surface area (Å²) < 4.78 is 66.3. The van der Waals surface area contributed by atoms with Crippen LogP contribution in [0.15, 0.2) is 52.0 Å². The molecule has 0 radical (unpaired) electrons. The molecule has 0 atom stereocenters. The van der Waals surface area contributed by atoms with Crippen LogP contribution in [0.25, 0.3) is 10.9 Å². The molecule has 0 aliphatic carbocycles. The summed E-state index contributed by atoms with van der Waals surface area (Å²) in [6, 6.07) is 11.0. The van der Waals surface area contributed by atoms with E-state index in [0.717, 1.165) is 15.1 Å². The Morgan fingerprint density at radius 2 is 1.58 bits per heavy atom. The first-order valence-electron chi connectivity index (χ1n) is 7.39. The van der Waals surface area contributed by atoms with Crippen molar-refractivity contribution in [1.82, 2.24) is 3.97 Å². The molecular weight excluding hydrogens is 498 g/mol. The number of nitrogens with zero attached hydrogens (tertiary/aromatic N) is 1.